The molecule has 0 saturated carbocycles. The minimum Gasteiger partial charge on any atom is -1.00 e. The molecule has 0 unspecified atom stereocenters. The standard InChI is InChI=1S/C32H68N2O2.2BrH/c1-7-9-11-13-15-17-19-21-23-25-27-33(3,4)29-30-36-32(35)31-34(5,6)28-26-24-22-20-18-16-14-12-10-8-2;;/h7-31H2,1-6H3;2*1H/q+2;;/p-2. The molecule has 0 amide bonds. The number of nitrogens with zero attached hydrogens (tertiary/aromatic N) is 2. The average molecular weight is 673 g/mol. The molecule has 0 aliphatic carbocycles. The Morgan fingerprint density at radius 2 is 0.789 bits per heavy atom. The second-order valence-electron chi connectivity index (χ2n) is 12.8. The number of unbranched alkanes of at least 4 members (excludes halogenated alkanes) is 18. The zero-order chi connectivity index (χ0) is 27.0. The van der Waals surface area contributed by atoms with Crippen molar-refractivity contribution in [3.8, 4) is 0 Å². The Labute approximate surface area is 260 Å². The Bertz CT molecular complexity index is 502. The Morgan fingerprint density at radius 1 is 0.474 bits per heavy atom. The van der Waals surface area contributed by atoms with Crippen LogP contribution >= 0.6 is 0 Å². The SMILES string of the molecule is CCCCCCCCCCCC[N+](C)(C)CCOC(=O)C[N+](C)(C)CCCCCCCCCCCC.[Br-].[Br-]. The minimum absolute atomic E-state index is 0. The van der Waals surface area contributed by atoms with Crippen molar-refractivity contribution in [1.82, 2.24) is 0 Å². The summed E-state index contributed by atoms with van der Waals surface area (Å²) in [6, 6.07) is 0. The molecule has 4 nitrogen and oxygen atoms in total. The van der Waals surface area contributed by atoms with Crippen LogP contribution in [-0.4, -0.2) is 75.9 Å². The van der Waals surface area contributed by atoms with E-state index < -0.39 is 0 Å². The van der Waals surface area contributed by atoms with E-state index in [2.05, 4.69) is 42.0 Å². The van der Waals surface area contributed by atoms with Gasteiger partial charge in [0, 0.05) is 0 Å². The highest BCUT2D eigenvalue weighted by atomic mass is 79.9. The van der Waals surface area contributed by atoms with E-state index in [0.29, 0.717) is 13.2 Å². The number of esters is 1. The van der Waals surface area contributed by atoms with E-state index in [-0.39, 0.29) is 39.9 Å². The van der Waals surface area contributed by atoms with E-state index in [0.717, 1.165) is 22.1 Å². The van der Waals surface area contributed by atoms with Crippen LogP contribution in [0.25, 0.3) is 0 Å². The van der Waals surface area contributed by atoms with E-state index in [1.807, 2.05) is 0 Å². The molecule has 0 heterocycles. The fraction of sp³-hybridized carbons (Fsp3) is 0.969. The Hall–Kier alpha value is 0.350. The quantitative estimate of drug-likeness (QED) is 0.0763. The highest BCUT2D eigenvalue weighted by Crippen LogP contribution is 2.13. The topological polar surface area (TPSA) is 26.3 Å². The fourth-order valence-corrected chi connectivity index (χ4v) is 5.05. The highest BCUT2D eigenvalue weighted by Gasteiger charge is 2.22. The predicted molar refractivity (Wildman–Crippen MR) is 158 cm³/mol. The van der Waals surface area contributed by atoms with Crippen molar-refractivity contribution in [2.75, 3.05) is 61.0 Å². The molecule has 38 heavy (non-hydrogen) atoms. The van der Waals surface area contributed by atoms with Crippen LogP contribution in [0.15, 0.2) is 0 Å². The van der Waals surface area contributed by atoms with E-state index in [9.17, 15) is 4.79 Å². The van der Waals surface area contributed by atoms with Crippen LogP contribution in [0.2, 0.25) is 0 Å². The summed E-state index contributed by atoms with van der Waals surface area (Å²) in [7, 11) is 8.87. The number of ether oxygens (including phenoxy) is 1. The van der Waals surface area contributed by atoms with Gasteiger partial charge in [0.05, 0.1) is 41.3 Å². The van der Waals surface area contributed by atoms with Crippen LogP contribution < -0.4 is 34.0 Å². The largest absolute Gasteiger partial charge is 1.00 e. The Kier molecular flexibility index (Phi) is 32.5. The van der Waals surface area contributed by atoms with Gasteiger partial charge in [-0.25, -0.2) is 4.79 Å². The van der Waals surface area contributed by atoms with Crippen molar-refractivity contribution < 1.29 is 52.5 Å². The summed E-state index contributed by atoms with van der Waals surface area (Å²) in [5.41, 5.74) is 0. The van der Waals surface area contributed by atoms with Crippen molar-refractivity contribution in [2.24, 2.45) is 0 Å². The molecule has 0 aliphatic heterocycles. The van der Waals surface area contributed by atoms with Gasteiger partial charge in [-0.2, -0.15) is 0 Å². The summed E-state index contributed by atoms with van der Waals surface area (Å²) in [4.78, 5) is 12.4. The van der Waals surface area contributed by atoms with Gasteiger partial charge in [-0.05, 0) is 25.7 Å². The fourth-order valence-electron chi connectivity index (χ4n) is 5.05. The summed E-state index contributed by atoms with van der Waals surface area (Å²) < 4.78 is 7.33. The normalized spacial score (nSPS) is 11.6. The Morgan fingerprint density at radius 3 is 1.16 bits per heavy atom. The lowest BCUT2D eigenvalue weighted by Gasteiger charge is -2.30. The van der Waals surface area contributed by atoms with Crippen LogP contribution in [0, 0.1) is 0 Å². The van der Waals surface area contributed by atoms with Crippen molar-refractivity contribution in [1.29, 1.82) is 0 Å². The van der Waals surface area contributed by atoms with Crippen LogP contribution in [0.4, 0.5) is 0 Å². The lowest BCUT2D eigenvalue weighted by Crippen LogP contribution is -3.00. The molecular formula is C32H68Br2N2O2. The monoisotopic (exact) mass is 670 g/mol. The van der Waals surface area contributed by atoms with Crippen molar-refractivity contribution in [3.05, 3.63) is 0 Å². The molecular weight excluding hydrogens is 604 g/mol. The molecule has 0 atom stereocenters. The molecule has 0 spiro atoms. The lowest BCUT2D eigenvalue weighted by molar-refractivity contribution is -0.891. The number of hydrogen-bond donors (Lipinski definition) is 0. The maximum absolute atomic E-state index is 12.4. The first-order valence-corrected chi connectivity index (χ1v) is 16.0. The second kappa shape index (κ2) is 28.9. The first-order chi connectivity index (χ1) is 17.2. The van der Waals surface area contributed by atoms with Crippen LogP contribution in [0.1, 0.15) is 142 Å². The van der Waals surface area contributed by atoms with Gasteiger partial charge in [0.2, 0.25) is 0 Å². The molecule has 0 fully saturated rings. The molecule has 0 bridgehead atoms. The molecule has 0 aromatic heterocycles. The molecule has 232 valence electrons. The highest BCUT2D eigenvalue weighted by molar-refractivity contribution is 5.70. The first-order valence-electron chi connectivity index (χ1n) is 16.0. The second-order valence-corrected chi connectivity index (χ2v) is 12.8. The van der Waals surface area contributed by atoms with Gasteiger partial charge in [0.1, 0.15) is 13.2 Å². The first kappa shape index (κ1) is 42.8. The third-order valence-electron chi connectivity index (χ3n) is 7.75. The summed E-state index contributed by atoms with van der Waals surface area (Å²) in [6.07, 6.45) is 27.3. The van der Waals surface area contributed by atoms with Crippen LogP contribution in [0.3, 0.4) is 0 Å². The molecule has 0 aliphatic rings. The average Bonchev–Trinajstić information content (AvgIpc) is 2.81. The molecule has 0 aromatic rings. The molecule has 0 rings (SSSR count). The Balaban J connectivity index is -0.00000612. The van der Waals surface area contributed by atoms with Crippen molar-refractivity contribution in [3.63, 3.8) is 0 Å². The molecule has 0 radical (unpaired) electrons. The molecule has 0 saturated heterocycles. The van der Waals surface area contributed by atoms with Gasteiger partial charge in [-0.1, -0.05) is 117 Å². The van der Waals surface area contributed by atoms with Gasteiger partial charge >= 0.3 is 5.97 Å². The number of carbonyl (C=O) groups excluding carboxylic acids is 1. The van der Waals surface area contributed by atoms with Crippen LogP contribution in [0.5, 0.6) is 0 Å². The van der Waals surface area contributed by atoms with Crippen molar-refractivity contribution in [2.45, 2.75) is 142 Å². The number of rotatable bonds is 27. The maximum atomic E-state index is 12.4. The van der Waals surface area contributed by atoms with Gasteiger partial charge in [-0.15, -0.1) is 0 Å². The molecule has 0 aromatic carbocycles. The maximum Gasteiger partial charge on any atom is 0.361 e. The van der Waals surface area contributed by atoms with E-state index in [4.69, 9.17) is 4.74 Å². The van der Waals surface area contributed by atoms with Crippen LogP contribution in [-0.2, 0) is 9.53 Å². The number of hydrogen-bond acceptors (Lipinski definition) is 2. The third-order valence-corrected chi connectivity index (χ3v) is 7.75. The van der Waals surface area contributed by atoms with E-state index >= 15 is 0 Å². The number of carbonyl (C=O) groups is 1. The van der Waals surface area contributed by atoms with Crippen molar-refractivity contribution >= 4 is 5.97 Å². The zero-order valence-corrected chi connectivity index (χ0v) is 29.8. The number of likely N-dealkylation sites (N-methyl/N-ethyl adjacent to an activating group) is 2. The summed E-state index contributed by atoms with van der Waals surface area (Å²) in [6.45, 7) is 8.74. The lowest BCUT2D eigenvalue weighted by atomic mass is 10.1. The van der Waals surface area contributed by atoms with Gasteiger partial charge in [0.25, 0.3) is 0 Å². The summed E-state index contributed by atoms with van der Waals surface area (Å²) in [5, 5.41) is 0. The summed E-state index contributed by atoms with van der Waals surface area (Å²) >= 11 is 0. The third kappa shape index (κ3) is 30.9. The molecule has 0 N–H and O–H groups in total. The van der Waals surface area contributed by atoms with E-state index in [1.165, 1.54) is 135 Å². The van der Waals surface area contributed by atoms with Gasteiger partial charge in [0.15, 0.2) is 6.54 Å². The van der Waals surface area contributed by atoms with E-state index in [1.54, 1.807) is 0 Å². The zero-order valence-electron chi connectivity index (χ0n) is 26.6. The smallest absolute Gasteiger partial charge is 0.361 e. The number of halogens is 2. The van der Waals surface area contributed by atoms with Gasteiger partial charge in [-0.3, -0.25) is 0 Å². The minimum atomic E-state index is -0.0361. The van der Waals surface area contributed by atoms with Gasteiger partial charge < -0.3 is 47.7 Å². The predicted octanol–water partition coefficient (Wildman–Crippen LogP) is 2.53. The molecule has 6 heteroatoms. The summed E-state index contributed by atoms with van der Waals surface area (Å²) in [5.74, 6) is -0.0361. The number of quaternary nitrogens is 2.